The molecule has 1 saturated heterocycles. The standard InChI is InChI=1S/C8H16N2.ClH/c1-10(7-2-3-7)8-4-5-9-6-8;/h7-9H,2-6H2,1H3;1H/t8-;/m0./s1. The van der Waals surface area contributed by atoms with Crippen LogP contribution in [0.15, 0.2) is 0 Å². The summed E-state index contributed by atoms with van der Waals surface area (Å²) in [6, 6.07) is 1.78. The third kappa shape index (κ3) is 2.08. The lowest BCUT2D eigenvalue weighted by Gasteiger charge is -2.22. The maximum Gasteiger partial charge on any atom is 0.0232 e. The monoisotopic (exact) mass is 176 g/mol. The molecule has 2 nitrogen and oxygen atoms in total. The molecule has 1 aliphatic heterocycles. The average molecular weight is 177 g/mol. The highest BCUT2D eigenvalue weighted by atomic mass is 35.5. The van der Waals surface area contributed by atoms with Gasteiger partial charge in [0.2, 0.25) is 0 Å². The van der Waals surface area contributed by atoms with Crippen LogP contribution in [0.4, 0.5) is 0 Å². The van der Waals surface area contributed by atoms with Crippen molar-refractivity contribution in [3.63, 3.8) is 0 Å². The fourth-order valence-electron chi connectivity index (χ4n) is 1.77. The zero-order valence-electron chi connectivity index (χ0n) is 7.05. The Labute approximate surface area is 74.7 Å². The van der Waals surface area contributed by atoms with Crippen LogP contribution in [-0.4, -0.2) is 37.1 Å². The molecule has 66 valence electrons. The fourth-order valence-corrected chi connectivity index (χ4v) is 1.77. The summed E-state index contributed by atoms with van der Waals surface area (Å²) >= 11 is 0. The van der Waals surface area contributed by atoms with E-state index in [-0.39, 0.29) is 12.4 Å². The van der Waals surface area contributed by atoms with E-state index in [2.05, 4.69) is 17.3 Å². The number of hydrogen-bond donors (Lipinski definition) is 1. The Morgan fingerprint density at radius 3 is 2.36 bits per heavy atom. The third-order valence-electron chi connectivity index (χ3n) is 2.73. The topological polar surface area (TPSA) is 15.3 Å². The molecule has 1 N–H and O–H groups in total. The molecule has 2 aliphatic rings. The Morgan fingerprint density at radius 1 is 1.18 bits per heavy atom. The van der Waals surface area contributed by atoms with Gasteiger partial charge in [0.25, 0.3) is 0 Å². The quantitative estimate of drug-likeness (QED) is 0.672. The molecule has 0 aromatic rings. The number of halogens is 1. The van der Waals surface area contributed by atoms with Crippen molar-refractivity contribution in [3.8, 4) is 0 Å². The molecule has 1 heterocycles. The number of nitrogens with zero attached hydrogens (tertiary/aromatic N) is 1. The first kappa shape index (κ1) is 9.30. The lowest BCUT2D eigenvalue weighted by atomic mass is 10.2. The van der Waals surface area contributed by atoms with Crippen molar-refractivity contribution in [2.75, 3.05) is 20.1 Å². The molecule has 1 saturated carbocycles. The van der Waals surface area contributed by atoms with Crippen LogP contribution >= 0.6 is 12.4 Å². The van der Waals surface area contributed by atoms with Gasteiger partial charge < -0.3 is 5.32 Å². The molecule has 0 aromatic heterocycles. The van der Waals surface area contributed by atoms with Crippen molar-refractivity contribution in [3.05, 3.63) is 0 Å². The molecular formula is C8H17ClN2. The van der Waals surface area contributed by atoms with E-state index in [0.717, 1.165) is 12.1 Å². The smallest absolute Gasteiger partial charge is 0.0232 e. The van der Waals surface area contributed by atoms with E-state index in [1.54, 1.807) is 0 Å². The molecule has 11 heavy (non-hydrogen) atoms. The number of likely N-dealkylation sites (N-methyl/N-ethyl adjacent to an activating group) is 1. The second kappa shape index (κ2) is 3.74. The zero-order valence-corrected chi connectivity index (χ0v) is 7.86. The van der Waals surface area contributed by atoms with Gasteiger partial charge in [0.05, 0.1) is 0 Å². The van der Waals surface area contributed by atoms with E-state index in [9.17, 15) is 0 Å². The first-order chi connectivity index (χ1) is 4.88. The van der Waals surface area contributed by atoms with Gasteiger partial charge in [0.1, 0.15) is 0 Å². The van der Waals surface area contributed by atoms with E-state index in [0.29, 0.717) is 0 Å². The number of hydrogen-bond acceptors (Lipinski definition) is 2. The minimum atomic E-state index is 0. The van der Waals surface area contributed by atoms with Crippen molar-refractivity contribution in [2.45, 2.75) is 31.3 Å². The number of rotatable bonds is 2. The molecule has 2 fully saturated rings. The van der Waals surface area contributed by atoms with Crippen molar-refractivity contribution in [1.29, 1.82) is 0 Å². The maximum atomic E-state index is 3.39. The van der Waals surface area contributed by atoms with Crippen LogP contribution in [0.5, 0.6) is 0 Å². The molecule has 1 atom stereocenters. The summed E-state index contributed by atoms with van der Waals surface area (Å²) in [5, 5.41) is 3.39. The molecule has 1 aliphatic carbocycles. The number of nitrogens with one attached hydrogen (secondary N) is 1. The Morgan fingerprint density at radius 2 is 1.91 bits per heavy atom. The van der Waals surface area contributed by atoms with Crippen molar-refractivity contribution < 1.29 is 0 Å². The molecule has 0 unspecified atom stereocenters. The highest BCUT2D eigenvalue weighted by Gasteiger charge is 2.31. The summed E-state index contributed by atoms with van der Waals surface area (Å²) in [7, 11) is 2.27. The largest absolute Gasteiger partial charge is 0.315 e. The summed E-state index contributed by atoms with van der Waals surface area (Å²) in [4.78, 5) is 2.56. The van der Waals surface area contributed by atoms with Crippen LogP contribution in [0.2, 0.25) is 0 Å². The summed E-state index contributed by atoms with van der Waals surface area (Å²) in [6.07, 6.45) is 4.23. The molecule has 0 aromatic carbocycles. The van der Waals surface area contributed by atoms with Gasteiger partial charge in [-0.1, -0.05) is 0 Å². The Balaban J connectivity index is 0.000000605. The molecule has 0 spiro atoms. The van der Waals surface area contributed by atoms with Crippen molar-refractivity contribution in [1.82, 2.24) is 10.2 Å². The van der Waals surface area contributed by atoms with Gasteiger partial charge in [-0.3, -0.25) is 4.90 Å². The second-order valence-corrected chi connectivity index (χ2v) is 3.54. The Bertz CT molecular complexity index is 119. The average Bonchev–Trinajstić information content (AvgIpc) is 2.65. The van der Waals surface area contributed by atoms with Crippen LogP contribution in [0.25, 0.3) is 0 Å². The van der Waals surface area contributed by atoms with E-state index < -0.39 is 0 Å². The van der Waals surface area contributed by atoms with E-state index in [4.69, 9.17) is 0 Å². The lowest BCUT2D eigenvalue weighted by molar-refractivity contribution is 0.247. The zero-order chi connectivity index (χ0) is 6.97. The molecule has 3 heteroatoms. The predicted molar refractivity (Wildman–Crippen MR) is 49.3 cm³/mol. The normalized spacial score (nSPS) is 30.5. The van der Waals surface area contributed by atoms with Crippen LogP contribution in [0.1, 0.15) is 19.3 Å². The van der Waals surface area contributed by atoms with Gasteiger partial charge in [0, 0.05) is 18.6 Å². The summed E-state index contributed by atoms with van der Waals surface area (Å²) in [5.41, 5.74) is 0. The minimum Gasteiger partial charge on any atom is -0.315 e. The minimum absolute atomic E-state index is 0. The van der Waals surface area contributed by atoms with Crippen molar-refractivity contribution in [2.24, 2.45) is 0 Å². The highest BCUT2D eigenvalue weighted by molar-refractivity contribution is 5.85. The molecular weight excluding hydrogens is 160 g/mol. The first-order valence-electron chi connectivity index (χ1n) is 4.30. The van der Waals surface area contributed by atoms with Gasteiger partial charge in [-0.15, -0.1) is 12.4 Å². The van der Waals surface area contributed by atoms with Gasteiger partial charge >= 0.3 is 0 Å². The van der Waals surface area contributed by atoms with E-state index in [1.807, 2.05) is 0 Å². The molecule has 0 amide bonds. The van der Waals surface area contributed by atoms with E-state index in [1.165, 1.54) is 32.4 Å². The summed E-state index contributed by atoms with van der Waals surface area (Å²) in [6.45, 7) is 2.44. The second-order valence-electron chi connectivity index (χ2n) is 3.54. The highest BCUT2D eigenvalue weighted by Crippen LogP contribution is 2.28. The van der Waals surface area contributed by atoms with Crippen LogP contribution in [0, 0.1) is 0 Å². The van der Waals surface area contributed by atoms with Crippen LogP contribution < -0.4 is 5.32 Å². The van der Waals surface area contributed by atoms with Gasteiger partial charge in [-0.2, -0.15) is 0 Å². The fraction of sp³-hybridized carbons (Fsp3) is 1.00. The Kier molecular flexibility index (Phi) is 3.16. The van der Waals surface area contributed by atoms with Crippen LogP contribution in [0.3, 0.4) is 0 Å². The molecule has 0 bridgehead atoms. The van der Waals surface area contributed by atoms with Crippen molar-refractivity contribution >= 4 is 12.4 Å². The third-order valence-corrected chi connectivity index (χ3v) is 2.73. The van der Waals surface area contributed by atoms with E-state index >= 15 is 0 Å². The molecule has 0 radical (unpaired) electrons. The summed E-state index contributed by atoms with van der Waals surface area (Å²) < 4.78 is 0. The van der Waals surface area contributed by atoms with Gasteiger partial charge in [-0.05, 0) is 32.9 Å². The van der Waals surface area contributed by atoms with Gasteiger partial charge in [-0.25, -0.2) is 0 Å². The Hall–Kier alpha value is 0.210. The molecule has 2 rings (SSSR count). The lowest BCUT2D eigenvalue weighted by Crippen LogP contribution is -2.34. The van der Waals surface area contributed by atoms with Gasteiger partial charge in [0.15, 0.2) is 0 Å². The van der Waals surface area contributed by atoms with Crippen LogP contribution in [-0.2, 0) is 0 Å². The summed E-state index contributed by atoms with van der Waals surface area (Å²) in [5.74, 6) is 0. The SMILES string of the molecule is CN(C1CC1)[C@H]1CCNC1.Cl. The maximum absolute atomic E-state index is 3.39. The predicted octanol–water partition coefficient (Wildman–Crippen LogP) is 0.864. The first-order valence-corrected chi connectivity index (χ1v) is 4.30.